The molecule has 5 aliphatic heterocycles. The average Bonchev–Trinajstić information content (AvgIpc) is 3.47. The molecular weight excluding hydrogens is 700 g/mol. The van der Waals surface area contributed by atoms with Gasteiger partial charge in [-0.15, -0.1) is 5.06 Å². The lowest BCUT2D eigenvalue weighted by atomic mass is 9.85. The third kappa shape index (κ3) is 5.91. The summed E-state index contributed by atoms with van der Waals surface area (Å²) in [6, 6.07) is 14.9. The van der Waals surface area contributed by atoms with Crippen LogP contribution in [0, 0.1) is 0 Å². The summed E-state index contributed by atoms with van der Waals surface area (Å²) < 4.78 is 8.53. The van der Waals surface area contributed by atoms with Crippen molar-refractivity contribution in [3.8, 4) is 22.5 Å². The molecule has 55 heavy (non-hydrogen) atoms. The predicted octanol–water partition coefficient (Wildman–Crippen LogP) is 6.40. The number of fused-ring (bicyclic) bond motifs is 6. The molecule has 12 nitrogen and oxygen atoms in total. The van der Waals surface area contributed by atoms with Gasteiger partial charge >= 0.3 is 17.5 Å². The second kappa shape index (κ2) is 13.4. The number of nitrogens with zero attached hydrogens (tertiary/aromatic N) is 4. The Morgan fingerprint density at radius 3 is 2.42 bits per heavy atom. The molecule has 0 atom stereocenters. The minimum absolute atomic E-state index is 0.0184. The first-order valence-corrected chi connectivity index (χ1v) is 18.8. The number of amides is 2. The van der Waals surface area contributed by atoms with Crippen LogP contribution < -0.4 is 19.9 Å². The van der Waals surface area contributed by atoms with Gasteiger partial charge in [-0.05, 0) is 81.9 Å². The van der Waals surface area contributed by atoms with Crippen molar-refractivity contribution in [1.82, 2.24) is 5.06 Å². The molecule has 0 radical (unpaired) electrons. The van der Waals surface area contributed by atoms with Crippen LogP contribution in [0.4, 0.5) is 11.4 Å². The van der Waals surface area contributed by atoms with Crippen molar-refractivity contribution in [2.75, 3.05) is 29.4 Å². The van der Waals surface area contributed by atoms with E-state index in [2.05, 4.69) is 48.8 Å². The monoisotopic (exact) mass is 743 g/mol. The lowest BCUT2D eigenvalue weighted by molar-refractivity contribution is -0.658. The Bertz CT molecular complexity index is 2530. The fraction of sp³-hybridized carbons (Fsp3) is 0.349. The molecule has 282 valence electrons. The van der Waals surface area contributed by atoms with Crippen molar-refractivity contribution in [3.05, 3.63) is 81.7 Å². The highest BCUT2D eigenvalue weighted by molar-refractivity contribution is 6.11. The molecular formula is C43H43N4O8+. The van der Waals surface area contributed by atoms with Gasteiger partial charge < -0.3 is 24.2 Å². The molecule has 1 fully saturated rings. The van der Waals surface area contributed by atoms with E-state index in [1.165, 1.54) is 5.56 Å². The predicted molar refractivity (Wildman–Crippen MR) is 208 cm³/mol. The van der Waals surface area contributed by atoms with Crippen molar-refractivity contribution < 1.29 is 38.1 Å². The number of carbonyl (C=O) groups is 4. The number of aromatic nitrogens is 1. The van der Waals surface area contributed by atoms with Gasteiger partial charge in [-0.25, -0.2) is 14.4 Å². The summed E-state index contributed by atoms with van der Waals surface area (Å²) in [5.41, 5.74) is 6.67. The van der Waals surface area contributed by atoms with Crippen LogP contribution in [0.25, 0.3) is 49.9 Å². The normalized spacial score (nSPS) is 16.5. The number of allylic oxidation sites excluding steroid dienone is 1. The van der Waals surface area contributed by atoms with Gasteiger partial charge in [-0.1, -0.05) is 24.3 Å². The minimum Gasteiger partial charge on any atom is -0.478 e. The van der Waals surface area contributed by atoms with Gasteiger partial charge in [-0.2, -0.15) is 4.57 Å². The van der Waals surface area contributed by atoms with Crippen LogP contribution in [-0.4, -0.2) is 59.1 Å². The summed E-state index contributed by atoms with van der Waals surface area (Å²) in [7, 11) is 1.75. The molecule has 12 heteroatoms. The first-order chi connectivity index (χ1) is 26.3. The molecule has 0 aliphatic carbocycles. The molecule has 0 bridgehead atoms. The minimum atomic E-state index is -1.11. The molecule has 0 saturated carbocycles. The maximum atomic E-state index is 14.6. The number of anilines is 2. The molecule has 5 aliphatic rings. The van der Waals surface area contributed by atoms with Crippen molar-refractivity contribution in [2.45, 2.75) is 71.8 Å². The number of rotatable bonds is 8. The van der Waals surface area contributed by atoms with E-state index in [-0.39, 0.29) is 30.4 Å². The molecule has 1 saturated heterocycles. The van der Waals surface area contributed by atoms with E-state index in [0.29, 0.717) is 51.4 Å². The topological polar surface area (TPSA) is 142 Å². The van der Waals surface area contributed by atoms with Crippen molar-refractivity contribution >= 4 is 62.6 Å². The maximum Gasteiger partial charge on any atom is 0.424 e. The molecule has 1 N–H and O–H groups in total. The summed E-state index contributed by atoms with van der Waals surface area (Å²) in [6.07, 6.45) is 4.43. The van der Waals surface area contributed by atoms with Crippen LogP contribution in [-0.2, 0) is 32.7 Å². The van der Waals surface area contributed by atoms with Gasteiger partial charge in [0.1, 0.15) is 18.2 Å². The van der Waals surface area contributed by atoms with Crippen LogP contribution in [0.2, 0.25) is 0 Å². The third-order valence-electron chi connectivity index (χ3n) is 11.3. The van der Waals surface area contributed by atoms with Gasteiger partial charge in [0.2, 0.25) is 5.52 Å². The molecule has 0 unspecified atom stereocenters. The van der Waals surface area contributed by atoms with Crippen LogP contribution in [0.3, 0.4) is 0 Å². The van der Waals surface area contributed by atoms with Gasteiger partial charge in [0.25, 0.3) is 11.8 Å². The Morgan fingerprint density at radius 2 is 1.69 bits per heavy atom. The summed E-state index contributed by atoms with van der Waals surface area (Å²) in [4.78, 5) is 73.7. The molecule has 0 spiro atoms. The second-order valence-corrected chi connectivity index (χ2v) is 15.2. The van der Waals surface area contributed by atoms with Gasteiger partial charge in [0.15, 0.2) is 5.76 Å². The Labute approximate surface area is 317 Å². The Morgan fingerprint density at radius 1 is 0.945 bits per heavy atom. The van der Waals surface area contributed by atoms with Crippen LogP contribution in [0.5, 0.6) is 0 Å². The zero-order valence-corrected chi connectivity index (χ0v) is 31.7. The largest absolute Gasteiger partial charge is 0.478 e. The first-order valence-electron chi connectivity index (χ1n) is 18.8. The number of hydrogen-bond acceptors (Lipinski definition) is 9. The zero-order valence-electron chi connectivity index (χ0n) is 31.7. The van der Waals surface area contributed by atoms with Gasteiger partial charge in [0.05, 0.1) is 16.5 Å². The molecule has 0 aromatic heterocycles. The standard InChI is InChI=1S/C43H42N4O8/c1-6-45-17-9-11-25-19-29-32(21-31(25)45)44(5)41(51)39-38(26-12-7-8-13-27(26)42(52)53)30-20-28-24(2)23-43(3,4)46(33(28)22-34(30)54-40(29)39)18-10-14-37(50)55-47-35(48)15-16-36(47)49/h7-8,12-13,19-23H,6,9-11,14-18H2,1-5H3/p+1. The summed E-state index contributed by atoms with van der Waals surface area (Å²) in [6.45, 7) is 10.5. The highest BCUT2D eigenvalue weighted by Crippen LogP contribution is 2.48. The Hall–Kier alpha value is -6.04. The molecule has 3 aromatic rings. The van der Waals surface area contributed by atoms with Crippen LogP contribution in [0.15, 0.2) is 63.8 Å². The van der Waals surface area contributed by atoms with Crippen molar-refractivity contribution in [3.63, 3.8) is 0 Å². The lowest BCUT2D eigenvalue weighted by Gasteiger charge is -2.43. The number of hydrogen-bond donors (Lipinski definition) is 1. The summed E-state index contributed by atoms with van der Waals surface area (Å²) in [5, 5.41) is 12.3. The zero-order chi connectivity index (χ0) is 38.9. The van der Waals surface area contributed by atoms with E-state index in [9.17, 15) is 29.1 Å². The molecule has 3 aromatic carbocycles. The van der Waals surface area contributed by atoms with Crippen LogP contribution in [0.1, 0.15) is 81.3 Å². The van der Waals surface area contributed by atoms with Crippen molar-refractivity contribution in [1.29, 1.82) is 0 Å². The van der Waals surface area contributed by atoms with E-state index in [1.807, 2.05) is 19.1 Å². The molecule has 2 amide bonds. The summed E-state index contributed by atoms with van der Waals surface area (Å²) in [5.74, 6) is -2.42. The maximum absolute atomic E-state index is 14.6. The molecule has 5 heterocycles. The SMILES string of the molecule is CCN1CCCc2cc3c4oc5cc6c(cc5c(-c5ccccc5C(=O)O)c-4c(=O)[n+](C)c3cc21)C(C)=CC(C)(C)N6CCCC(=O)ON1C(=O)CCC1=O. The Balaban J connectivity index is 1.33. The van der Waals surface area contributed by atoms with E-state index in [4.69, 9.17) is 9.25 Å². The smallest absolute Gasteiger partial charge is 0.424 e. The number of carboxylic acids is 1. The van der Waals surface area contributed by atoms with E-state index >= 15 is 0 Å². The number of hydroxylamine groups is 2. The fourth-order valence-electron chi connectivity index (χ4n) is 8.71. The Kier molecular flexibility index (Phi) is 8.74. The number of benzene rings is 3. The number of aryl methyl sites for hydroxylation is 2. The number of aromatic carboxylic acids is 1. The number of carboxylic acid groups (broad SMARTS) is 1. The number of imide groups is 1. The van der Waals surface area contributed by atoms with E-state index in [1.54, 1.807) is 35.9 Å². The highest BCUT2D eigenvalue weighted by Gasteiger charge is 2.37. The average molecular weight is 744 g/mol. The highest BCUT2D eigenvalue weighted by atomic mass is 16.7. The quantitative estimate of drug-likeness (QED) is 0.0821. The second-order valence-electron chi connectivity index (χ2n) is 15.2. The van der Waals surface area contributed by atoms with Gasteiger partial charge in [0, 0.05) is 78.9 Å². The lowest BCUT2D eigenvalue weighted by Crippen LogP contribution is -2.48. The van der Waals surface area contributed by atoms with Crippen LogP contribution >= 0.6 is 0 Å². The van der Waals surface area contributed by atoms with Crippen molar-refractivity contribution in [2.24, 2.45) is 7.05 Å². The van der Waals surface area contributed by atoms with E-state index < -0.39 is 29.3 Å². The number of carbonyl (C=O) groups excluding carboxylic acids is 3. The van der Waals surface area contributed by atoms with E-state index in [0.717, 1.165) is 59.3 Å². The first kappa shape index (κ1) is 36.0. The van der Waals surface area contributed by atoms with Gasteiger partial charge in [-0.3, -0.25) is 9.59 Å². The summed E-state index contributed by atoms with van der Waals surface area (Å²) >= 11 is 0. The number of pyridine rings is 1. The fourth-order valence-corrected chi connectivity index (χ4v) is 8.71. The molecule has 8 rings (SSSR count). The third-order valence-corrected chi connectivity index (χ3v) is 11.3.